The number of carbonyl (C=O) groups is 1. The average Bonchev–Trinajstić information content (AvgIpc) is 2.79. The monoisotopic (exact) mass is 460 g/mol. The molecule has 9 heteroatoms. The van der Waals surface area contributed by atoms with E-state index in [-0.39, 0.29) is 11.0 Å². The highest BCUT2D eigenvalue weighted by Crippen LogP contribution is 2.28. The number of hydrogen-bond acceptors (Lipinski definition) is 6. The second kappa shape index (κ2) is 10.3. The zero-order chi connectivity index (χ0) is 23.3. The highest BCUT2D eigenvalue weighted by atomic mass is 32.2. The van der Waals surface area contributed by atoms with Gasteiger partial charge in [-0.15, -0.1) is 0 Å². The van der Waals surface area contributed by atoms with E-state index < -0.39 is 15.9 Å². The average molecular weight is 461 g/mol. The van der Waals surface area contributed by atoms with E-state index in [9.17, 15) is 13.2 Å². The van der Waals surface area contributed by atoms with E-state index in [1.165, 1.54) is 20.2 Å². The third-order valence-electron chi connectivity index (χ3n) is 5.55. The van der Waals surface area contributed by atoms with Gasteiger partial charge < -0.3 is 15.0 Å². The van der Waals surface area contributed by atoms with Crippen LogP contribution in [-0.4, -0.2) is 56.9 Å². The third-order valence-corrected chi connectivity index (χ3v) is 7.36. The summed E-state index contributed by atoms with van der Waals surface area (Å²) < 4.78 is 32.2. The van der Waals surface area contributed by atoms with Gasteiger partial charge >= 0.3 is 0 Å². The first-order valence-electron chi connectivity index (χ1n) is 11.0. The first-order chi connectivity index (χ1) is 15.2. The van der Waals surface area contributed by atoms with E-state index in [0.717, 1.165) is 48.8 Å². The molecule has 1 amide bonds. The van der Waals surface area contributed by atoms with Crippen LogP contribution < -0.4 is 15.0 Å². The molecular formula is C23H32N4O4S. The van der Waals surface area contributed by atoms with Crippen molar-refractivity contribution in [2.24, 2.45) is 0 Å². The van der Waals surface area contributed by atoms with Crippen molar-refractivity contribution < 1.29 is 17.9 Å². The van der Waals surface area contributed by atoms with Crippen molar-refractivity contribution in [3.8, 4) is 5.88 Å². The molecule has 0 saturated carbocycles. The molecule has 174 valence electrons. The molecule has 1 saturated heterocycles. The normalized spacial score (nSPS) is 15.5. The third kappa shape index (κ3) is 5.58. The molecule has 0 bridgehead atoms. The van der Waals surface area contributed by atoms with Crippen molar-refractivity contribution in [2.75, 3.05) is 37.4 Å². The van der Waals surface area contributed by atoms with Crippen molar-refractivity contribution in [1.29, 1.82) is 0 Å². The van der Waals surface area contributed by atoms with E-state index in [1.807, 2.05) is 13.8 Å². The highest BCUT2D eigenvalue weighted by molar-refractivity contribution is 7.89. The topological polar surface area (TPSA) is 91.8 Å². The van der Waals surface area contributed by atoms with Crippen LogP contribution in [0.4, 0.5) is 11.5 Å². The lowest BCUT2D eigenvalue weighted by molar-refractivity contribution is 0.102. The van der Waals surface area contributed by atoms with Gasteiger partial charge in [0, 0.05) is 38.9 Å². The summed E-state index contributed by atoms with van der Waals surface area (Å²) in [6, 6.07) is 9.93. The number of carbonyl (C=O) groups excluding carboxylic acids is 1. The summed E-state index contributed by atoms with van der Waals surface area (Å²) in [5, 5.41) is 2.81. The van der Waals surface area contributed by atoms with Crippen molar-refractivity contribution >= 4 is 27.4 Å². The van der Waals surface area contributed by atoms with Crippen LogP contribution in [0.25, 0.3) is 0 Å². The molecule has 1 aromatic carbocycles. The number of rotatable bonds is 8. The van der Waals surface area contributed by atoms with Gasteiger partial charge in [-0.05, 0) is 56.9 Å². The van der Waals surface area contributed by atoms with Crippen molar-refractivity contribution in [3.63, 3.8) is 0 Å². The first kappa shape index (κ1) is 24.0. The lowest BCUT2D eigenvalue weighted by atomic mass is 10.1. The Kier molecular flexibility index (Phi) is 7.73. The molecule has 0 radical (unpaired) electrons. The molecule has 1 aliphatic rings. The second-order valence-corrected chi connectivity index (χ2v) is 10.3. The van der Waals surface area contributed by atoms with Crippen LogP contribution in [0.5, 0.6) is 5.88 Å². The molecule has 1 aromatic heterocycles. The fourth-order valence-corrected chi connectivity index (χ4v) is 4.43. The number of anilines is 2. The van der Waals surface area contributed by atoms with E-state index in [1.54, 1.807) is 30.3 Å². The molecule has 8 nitrogen and oxygen atoms in total. The maximum Gasteiger partial charge on any atom is 0.258 e. The molecule has 1 fully saturated rings. The van der Waals surface area contributed by atoms with Crippen LogP contribution in [0.1, 0.15) is 49.9 Å². The lowest BCUT2D eigenvalue weighted by Gasteiger charge is -2.30. The molecule has 0 aliphatic carbocycles. The van der Waals surface area contributed by atoms with E-state index in [2.05, 4.69) is 15.2 Å². The van der Waals surface area contributed by atoms with Crippen LogP contribution in [0.3, 0.4) is 0 Å². The molecule has 2 aromatic rings. The highest BCUT2D eigenvalue weighted by Gasteiger charge is 2.24. The van der Waals surface area contributed by atoms with Gasteiger partial charge in [-0.3, -0.25) is 4.79 Å². The summed E-state index contributed by atoms with van der Waals surface area (Å²) in [6.45, 7) is 5.63. The van der Waals surface area contributed by atoms with Crippen LogP contribution in [0, 0.1) is 0 Å². The molecule has 1 N–H and O–H groups in total. The standard InChI is InChI=1S/C23H32N4O4S/c1-5-17(2)31-22-11-9-10-21(24-22)25-23(28)19-16-18(32(29,30)26(3)4)12-13-20(19)27-14-7-6-8-15-27/h9-13,16-17H,5-8,14-15H2,1-4H3,(H,24,25,28). The Morgan fingerprint density at radius 1 is 1.19 bits per heavy atom. The molecule has 1 atom stereocenters. The summed E-state index contributed by atoms with van der Waals surface area (Å²) in [5.74, 6) is 0.369. The Bertz CT molecular complexity index is 1050. The number of hydrogen-bond donors (Lipinski definition) is 1. The van der Waals surface area contributed by atoms with Gasteiger partial charge in [0.2, 0.25) is 15.9 Å². The molecule has 1 unspecified atom stereocenters. The molecular weight excluding hydrogens is 428 g/mol. The van der Waals surface area contributed by atoms with Crippen molar-refractivity contribution in [1.82, 2.24) is 9.29 Å². The van der Waals surface area contributed by atoms with Gasteiger partial charge in [0.05, 0.1) is 16.6 Å². The number of aromatic nitrogens is 1. The zero-order valence-electron chi connectivity index (χ0n) is 19.2. The SMILES string of the molecule is CCC(C)Oc1cccc(NC(=O)c2cc(S(=O)(=O)N(C)C)ccc2N2CCCCC2)n1. The maximum absolute atomic E-state index is 13.3. The van der Waals surface area contributed by atoms with Gasteiger partial charge in [0.25, 0.3) is 5.91 Å². The smallest absolute Gasteiger partial charge is 0.258 e. The molecule has 32 heavy (non-hydrogen) atoms. The number of amides is 1. The number of sulfonamides is 1. The minimum Gasteiger partial charge on any atom is -0.475 e. The van der Waals surface area contributed by atoms with Crippen LogP contribution in [0.2, 0.25) is 0 Å². The van der Waals surface area contributed by atoms with Crippen LogP contribution >= 0.6 is 0 Å². The van der Waals surface area contributed by atoms with Crippen molar-refractivity contribution in [2.45, 2.75) is 50.5 Å². The molecule has 3 rings (SSSR count). The van der Waals surface area contributed by atoms with Gasteiger partial charge in [-0.1, -0.05) is 13.0 Å². The second-order valence-electron chi connectivity index (χ2n) is 8.17. The van der Waals surface area contributed by atoms with E-state index >= 15 is 0 Å². The van der Waals surface area contributed by atoms with Gasteiger partial charge in [-0.25, -0.2) is 12.7 Å². The summed E-state index contributed by atoms with van der Waals surface area (Å²) >= 11 is 0. The van der Waals surface area contributed by atoms with Crippen LogP contribution in [-0.2, 0) is 10.0 Å². The molecule has 2 heterocycles. The molecule has 1 aliphatic heterocycles. The Balaban J connectivity index is 1.94. The number of ether oxygens (including phenoxy) is 1. The number of nitrogens with zero attached hydrogens (tertiary/aromatic N) is 3. The van der Waals surface area contributed by atoms with Gasteiger partial charge in [0.15, 0.2) is 0 Å². The van der Waals surface area contributed by atoms with Gasteiger partial charge in [0.1, 0.15) is 5.82 Å². The maximum atomic E-state index is 13.3. The largest absolute Gasteiger partial charge is 0.475 e. The minimum atomic E-state index is -3.68. The number of benzene rings is 1. The lowest BCUT2D eigenvalue weighted by Crippen LogP contribution is -2.32. The van der Waals surface area contributed by atoms with Gasteiger partial charge in [-0.2, -0.15) is 4.98 Å². The Hall–Kier alpha value is -2.65. The predicted octanol–water partition coefficient (Wildman–Crippen LogP) is 3.75. The summed E-state index contributed by atoms with van der Waals surface area (Å²) in [6.07, 6.45) is 4.07. The molecule has 0 spiro atoms. The minimum absolute atomic E-state index is 0.00655. The summed E-state index contributed by atoms with van der Waals surface area (Å²) in [4.78, 5) is 19.9. The quantitative estimate of drug-likeness (QED) is 0.645. The van der Waals surface area contributed by atoms with E-state index in [4.69, 9.17) is 4.74 Å². The summed E-state index contributed by atoms with van der Waals surface area (Å²) in [5.41, 5.74) is 1.04. The van der Waals surface area contributed by atoms with Crippen molar-refractivity contribution in [3.05, 3.63) is 42.0 Å². The first-order valence-corrected chi connectivity index (χ1v) is 12.4. The summed E-state index contributed by atoms with van der Waals surface area (Å²) in [7, 11) is -0.732. The van der Waals surface area contributed by atoms with E-state index in [0.29, 0.717) is 17.3 Å². The fraction of sp³-hybridized carbons (Fsp3) is 0.478. The Morgan fingerprint density at radius 2 is 1.91 bits per heavy atom. The van der Waals surface area contributed by atoms with Crippen LogP contribution in [0.15, 0.2) is 41.3 Å². The number of piperidine rings is 1. The number of nitrogens with one attached hydrogen (secondary N) is 1. The number of pyridine rings is 1. The fourth-order valence-electron chi connectivity index (χ4n) is 3.50. The Labute approximate surface area is 190 Å². The predicted molar refractivity (Wildman–Crippen MR) is 126 cm³/mol. The Morgan fingerprint density at radius 3 is 2.56 bits per heavy atom. The zero-order valence-corrected chi connectivity index (χ0v) is 20.0.